The van der Waals surface area contributed by atoms with Crippen molar-refractivity contribution >= 4 is 34.5 Å². The topological polar surface area (TPSA) is 154 Å². The maximum absolute atomic E-state index is 15.3. The van der Waals surface area contributed by atoms with E-state index in [0.717, 1.165) is 52.9 Å². The van der Waals surface area contributed by atoms with Gasteiger partial charge in [-0.05, 0) is 73.7 Å². The zero-order valence-corrected chi connectivity index (χ0v) is 35.2. The zero-order chi connectivity index (χ0) is 41.8. The molecule has 5 aliphatic heterocycles. The average molecular weight is 811 g/mol. The van der Waals surface area contributed by atoms with E-state index in [9.17, 15) is 19.8 Å². The van der Waals surface area contributed by atoms with Crippen LogP contribution in [0.2, 0.25) is 0 Å². The number of hydrogen-bond donors (Lipinski definition) is 3. The SMILES string of the molecule is CCC1CN2CCc3c([nH]c4ccccc34)[C@@](C(=O)OC)(c3cc4c(cc3OC)N(C)[C@H]3[C@@](O)(C(=O)OC)[C@H](OC(C)=O)[C@]5(CC)C=CCN6CC[C@]43[C@@H]65)C[C@@H](C2)[C@H]1O. The molecule has 6 aliphatic rings. The maximum Gasteiger partial charge on any atom is 0.344 e. The van der Waals surface area contributed by atoms with Gasteiger partial charge in [-0.2, -0.15) is 0 Å². The predicted molar refractivity (Wildman–Crippen MR) is 220 cm³/mol. The van der Waals surface area contributed by atoms with E-state index in [1.807, 2.05) is 49.2 Å². The number of hydrogen-bond acceptors (Lipinski definition) is 12. The molecule has 1 spiro atoms. The van der Waals surface area contributed by atoms with E-state index >= 15 is 4.79 Å². The minimum absolute atomic E-state index is 0.0295. The number of nitrogens with one attached hydrogen (secondary N) is 1. The molecule has 0 radical (unpaired) electrons. The van der Waals surface area contributed by atoms with Crippen LogP contribution < -0.4 is 9.64 Å². The highest BCUT2D eigenvalue weighted by molar-refractivity contribution is 5.95. The molecule has 11 atom stereocenters. The Morgan fingerprint density at radius 3 is 2.44 bits per heavy atom. The van der Waals surface area contributed by atoms with Gasteiger partial charge in [-0.3, -0.25) is 14.5 Å². The molecule has 3 N–H and O–H groups in total. The van der Waals surface area contributed by atoms with Crippen molar-refractivity contribution in [2.45, 2.75) is 93.6 Å². The highest BCUT2D eigenvalue weighted by Gasteiger charge is 2.80. The molecule has 2 unspecified atom stereocenters. The number of likely N-dealkylation sites (N-methyl/N-ethyl adjacent to an activating group) is 1. The molecule has 6 heterocycles. The number of aliphatic hydroxyl groups is 2. The van der Waals surface area contributed by atoms with Crippen LogP contribution in [0.3, 0.4) is 0 Å². The molecule has 13 heteroatoms. The second-order valence-corrected chi connectivity index (χ2v) is 18.0. The number of H-pyrrole nitrogens is 1. The molecule has 1 saturated carbocycles. The lowest BCUT2D eigenvalue weighted by molar-refractivity contribution is -0.228. The van der Waals surface area contributed by atoms with Crippen LogP contribution >= 0.6 is 0 Å². The molecule has 0 amide bonds. The number of benzene rings is 2. The highest BCUT2D eigenvalue weighted by atomic mass is 16.6. The van der Waals surface area contributed by atoms with Crippen LogP contribution in [0.4, 0.5) is 5.69 Å². The fourth-order valence-corrected chi connectivity index (χ4v) is 13.5. The van der Waals surface area contributed by atoms with Crippen LogP contribution in [0.15, 0.2) is 48.6 Å². The summed E-state index contributed by atoms with van der Waals surface area (Å²) in [4.78, 5) is 53.2. The Morgan fingerprint density at radius 2 is 1.75 bits per heavy atom. The van der Waals surface area contributed by atoms with E-state index in [1.165, 1.54) is 21.1 Å². The van der Waals surface area contributed by atoms with Gasteiger partial charge in [-0.25, -0.2) is 4.79 Å². The first-order valence-electron chi connectivity index (χ1n) is 21.3. The lowest BCUT2D eigenvalue weighted by atomic mass is 9.47. The molecule has 3 aromatic rings. The summed E-state index contributed by atoms with van der Waals surface area (Å²) >= 11 is 0. The Morgan fingerprint density at radius 1 is 0.983 bits per heavy atom. The first-order chi connectivity index (χ1) is 28.3. The zero-order valence-electron chi connectivity index (χ0n) is 35.2. The van der Waals surface area contributed by atoms with Crippen LogP contribution in [0.25, 0.3) is 10.9 Å². The van der Waals surface area contributed by atoms with Crippen molar-refractivity contribution in [2.24, 2.45) is 17.3 Å². The van der Waals surface area contributed by atoms with Crippen molar-refractivity contribution in [3.05, 3.63) is 70.9 Å². The number of aromatic amines is 1. The summed E-state index contributed by atoms with van der Waals surface area (Å²) in [6, 6.07) is 10.9. The number of nitrogens with zero attached hydrogens (tertiary/aromatic N) is 3. The van der Waals surface area contributed by atoms with Crippen LogP contribution in [0.5, 0.6) is 5.75 Å². The first-order valence-corrected chi connectivity index (χ1v) is 21.3. The van der Waals surface area contributed by atoms with Gasteiger partial charge in [-0.15, -0.1) is 0 Å². The molecule has 59 heavy (non-hydrogen) atoms. The average Bonchev–Trinajstić information content (AvgIpc) is 3.91. The molecular formula is C46H58N4O9. The quantitative estimate of drug-likeness (QED) is 0.181. The Labute approximate surface area is 345 Å². The minimum atomic E-state index is -2.31. The van der Waals surface area contributed by atoms with Gasteiger partial charge in [0.2, 0.25) is 5.60 Å². The number of carbonyl (C=O) groups is 3. The van der Waals surface area contributed by atoms with Crippen molar-refractivity contribution in [1.29, 1.82) is 0 Å². The van der Waals surface area contributed by atoms with Gasteiger partial charge in [0, 0.05) is 90.9 Å². The maximum atomic E-state index is 15.3. The number of rotatable bonds is 7. The summed E-state index contributed by atoms with van der Waals surface area (Å²) < 4.78 is 23.9. The summed E-state index contributed by atoms with van der Waals surface area (Å²) in [6.45, 7) is 8.89. The summed E-state index contributed by atoms with van der Waals surface area (Å²) in [7, 11) is 6.13. The van der Waals surface area contributed by atoms with Crippen molar-refractivity contribution in [1.82, 2.24) is 14.8 Å². The lowest BCUT2D eigenvalue weighted by Crippen LogP contribution is -2.81. The number of para-hydroxylation sites is 1. The number of aromatic nitrogens is 1. The molecule has 1 aromatic heterocycles. The molecule has 9 rings (SSSR count). The lowest BCUT2D eigenvalue weighted by Gasteiger charge is -2.63. The largest absolute Gasteiger partial charge is 0.496 e. The Balaban J connectivity index is 1.37. The summed E-state index contributed by atoms with van der Waals surface area (Å²) in [5.74, 6) is -1.78. The van der Waals surface area contributed by atoms with Gasteiger partial charge in [0.05, 0.1) is 33.5 Å². The van der Waals surface area contributed by atoms with E-state index in [-0.39, 0.29) is 24.3 Å². The molecule has 2 bridgehead atoms. The summed E-state index contributed by atoms with van der Waals surface area (Å²) in [5, 5.41) is 26.5. The van der Waals surface area contributed by atoms with Crippen LogP contribution in [-0.2, 0) is 45.8 Å². The molecule has 2 saturated heterocycles. The van der Waals surface area contributed by atoms with Crippen molar-refractivity contribution in [3.8, 4) is 5.75 Å². The van der Waals surface area contributed by atoms with Crippen molar-refractivity contribution < 1.29 is 43.5 Å². The number of piperidine rings is 1. The van der Waals surface area contributed by atoms with Crippen molar-refractivity contribution in [2.75, 3.05) is 66.0 Å². The number of carbonyl (C=O) groups excluding carboxylic acids is 3. The molecular weight excluding hydrogens is 753 g/mol. The second-order valence-electron chi connectivity index (χ2n) is 18.0. The molecule has 316 valence electrons. The number of methoxy groups -OCH3 is 3. The number of anilines is 1. The fraction of sp³-hybridized carbons (Fsp3) is 0.587. The summed E-state index contributed by atoms with van der Waals surface area (Å²) in [5.41, 5.74) is -0.857. The first kappa shape index (κ1) is 40.0. The molecule has 1 aliphatic carbocycles. The Bertz CT molecular complexity index is 2240. The monoisotopic (exact) mass is 810 g/mol. The molecule has 2 aromatic carbocycles. The fourth-order valence-electron chi connectivity index (χ4n) is 13.5. The van der Waals surface area contributed by atoms with E-state index < -0.39 is 58.0 Å². The highest BCUT2D eigenvalue weighted by Crippen LogP contribution is 2.68. The third-order valence-corrected chi connectivity index (χ3v) is 15.7. The van der Waals surface area contributed by atoms with E-state index in [2.05, 4.69) is 39.9 Å². The Kier molecular flexibility index (Phi) is 9.54. The molecule has 13 nitrogen and oxygen atoms in total. The van der Waals surface area contributed by atoms with E-state index in [0.29, 0.717) is 50.2 Å². The number of aliphatic hydroxyl groups excluding tert-OH is 1. The van der Waals surface area contributed by atoms with Crippen molar-refractivity contribution in [3.63, 3.8) is 0 Å². The van der Waals surface area contributed by atoms with Crippen LogP contribution in [0.1, 0.15) is 68.8 Å². The van der Waals surface area contributed by atoms with Gasteiger partial charge in [0.1, 0.15) is 11.2 Å². The number of ether oxygens (including phenoxy) is 4. The smallest absolute Gasteiger partial charge is 0.344 e. The van der Waals surface area contributed by atoms with Gasteiger partial charge in [0.25, 0.3) is 0 Å². The molecule has 3 fully saturated rings. The van der Waals surface area contributed by atoms with Crippen LogP contribution in [0, 0.1) is 17.3 Å². The summed E-state index contributed by atoms with van der Waals surface area (Å²) in [6.07, 6.45) is 4.91. The normalized spacial score (nSPS) is 37.0. The van der Waals surface area contributed by atoms with Gasteiger partial charge >= 0.3 is 17.9 Å². The number of fused-ring (bicyclic) bond motifs is 6. The second kappa shape index (κ2) is 14.1. The third-order valence-electron chi connectivity index (χ3n) is 15.7. The standard InChI is InChI=1S/C46H58N4O9/c1-8-27-24-49-19-15-30-29-13-10-11-14-33(29)47-37(30)45(41(53)57-6,23-28(25-49)36(27)52)32-21-31-34(22-35(32)56-5)48(4)39-44(31)17-20-50-18-12-16-43(9-2,38(44)50)40(59-26(3)51)46(39,55)42(54)58-7/h10-14,16,21-22,27-28,36,38-40,47,52,55H,8-9,15,17-20,23-25H2,1-7H3/t27?,28-,36-,38-,39+,40+,43+,44+,45-,46-/m0/s1. The van der Waals surface area contributed by atoms with Crippen LogP contribution in [-0.4, -0.2) is 134 Å². The van der Waals surface area contributed by atoms with E-state index in [4.69, 9.17) is 18.9 Å². The Hall–Kier alpha value is -4.43. The number of esters is 3. The van der Waals surface area contributed by atoms with Gasteiger partial charge in [0.15, 0.2) is 6.10 Å². The van der Waals surface area contributed by atoms with Gasteiger partial charge < -0.3 is 43.9 Å². The predicted octanol–water partition coefficient (Wildman–Crippen LogP) is 3.85. The van der Waals surface area contributed by atoms with Gasteiger partial charge in [-0.1, -0.05) is 44.2 Å². The minimum Gasteiger partial charge on any atom is -0.496 e. The van der Waals surface area contributed by atoms with E-state index in [1.54, 1.807) is 7.11 Å². The third kappa shape index (κ3) is 5.13.